The molecule has 4 N–H and O–H groups in total. The number of rotatable bonds is 9. The summed E-state index contributed by atoms with van der Waals surface area (Å²) in [5, 5.41) is 9.57. The minimum atomic E-state index is -0.769. The summed E-state index contributed by atoms with van der Waals surface area (Å²) in [6.45, 7) is -0.0191. The van der Waals surface area contributed by atoms with Crippen molar-refractivity contribution < 1.29 is 24.2 Å². The molecular weight excluding hydrogens is 252 g/mol. The van der Waals surface area contributed by atoms with Gasteiger partial charge in [-0.1, -0.05) is 0 Å². The van der Waals surface area contributed by atoms with Crippen molar-refractivity contribution in [1.29, 1.82) is 0 Å². The Bertz CT molecular complexity index is 382. The van der Waals surface area contributed by atoms with Crippen LogP contribution in [0.5, 0.6) is 11.5 Å². The number of aliphatic hydroxyl groups excluding tert-OH is 1. The van der Waals surface area contributed by atoms with Crippen molar-refractivity contribution in [2.75, 3.05) is 26.9 Å². The molecule has 0 aromatic heterocycles. The van der Waals surface area contributed by atoms with Crippen LogP contribution in [0.4, 0.5) is 0 Å². The predicted molar refractivity (Wildman–Crippen MR) is 67.6 cm³/mol. The van der Waals surface area contributed by atoms with E-state index in [9.17, 15) is 9.90 Å². The molecule has 0 aliphatic heterocycles. The molecule has 0 fully saturated rings. The van der Waals surface area contributed by atoms with Crippen molar-refractivity contribution in [3.63, 3.8) is 0 Å². The summed E-state index contributed by atoms with van der Waals surface area (Å²) in [7, 11) is 1.58. The molecule has 106 valence electrons. The second kappa shape index (κ2) is 8.30. The fourth-order valence-electron chi connectivity index (χ4n) is 1.20. The van der Waals surface area contributed by atoms with Crippen LogP contribution < -0.4 is 20.7 Å². The quantitative estimate of drug-likeness (QED) is 0.410. The molecule has 19 heavy (non-hydrogen) atoms. The highest BCUT2D eigenvalue weighted by Crippen LogP contribution is 2.16. The third-order valence-electron chi connectivity index (χ3n) is 2.14. The van der Waals surface area contributed by atoms with Gasteiger partial charge in [0.2, 0.25) is 5.91 Å². The highest BCUT2D eigenvalue weighted by atomic mass is 16.6. The number of primary amides is 1. The molecule has 1 unspecified atom stereocenters. The number of ether oxygens (including phenoxy) is 2. The molecule has 1 aromatic rings. The number of hydroxylamine groups is 1. The number of nitrogens with two attached hydrogens (primary N) is 1. The Morgan fingerprint density at radius 2 is 2.00 bits per heavy atom. The van der Waals surface area contributed by atoms with Crippen LogP contribution in [0, 0.1) is 0 Å². The fraction of sp³-hybridized carbons (Fsp3) is 0.417. The summed E-state index contributed by atoms with van der Waals surface area (Å²) in [5.74, 6) is 0.767. The fourth-order valence-corrected chi connectivity index (χ4v) is 1.20. The third kappa shape index (κ3) is 6.61. The average Bonchev–Trinajstić information content (AvgIpc) is 2.41. The van der Waals surface area contributed by atoms with Gasteiger partial charge in [-0.15, -0.1) is 0 Å². The van der Waals surface area contributed by atoms with E-state index in [1.807, 2.05) is 0 Å². The van der Waals surface area contributed by atoms with E-state index in [2.05, 4.69) is 5.48 Å². The molecular formula is C12H18N2O5. The SMILES string of the molecule is COc1ccc(OCC(O)CNOCC(N)=O)cc1. The van der Waals surface area contributed by atoms with Gasteiger partial charge in [-0.3, -0.25) is 9.63 Å². The summed E-state index contributed by atoms with van der Waals surface area (Å²) in [5.41, 5.74) is 7.29. The van der Waals surface area contributed by atoms with E-state index in [0.29, 0.717) is 5.75 Å². The zero-order chi connectivity index (χ0) is 14.1. The maximum Gasteiger partial charge on any atom is 0.245 e. The first-order valence-electron chi connectivity index (χ1n) is 5.69. The highest BCUT2D eigenvalue weighted by Gasteiger charge is 2.05. The van der Waals surface area contributed by atoms with Crippen LogP contribution in [-0.2, 0) is 9.63 Å². The summed E-state index contributed by atoms with van der Waals surface area (Å²) in [6.07, 6.45) is -0.769. The number of hydrogen-bond donors (Lipinski definition) is 3. The van der Waals surface area contributed by atoms with Crippen molar-refractivity contribution in [3.05, 3.63) is 24.3 Å². The van der Waals surface area contributed by atoms with Crippen molar-refractivity contribution in [2.24, 2.45) is 5.73 Å². The van der Waals surface area contributed by atoms with Crippen molar-refractivity contribution in [3.8, 4) is 11.5 Å². The van der Waals surface area contributed by atoms with Gasteiger partial charge in [0.25, 0.3) is 0 Å². The van der Waals surface area contributed by atoms with E-state index in [0.717, 1.165) is 5.75 Å². The van der Waals surface area contributed by atoms with Crippen LogP contribution in [0.1, 0.15) is 0 Å². The normalized spacial score (nSPS) is 11.9. The smallest absolute Gasteiger partial charge is 0.245 e. The molecule has 0 bridgehead atoms. The van der Waals surface area contributed by atoms with Crippen LogP contribution in [-0.4, -0.2) is 44.0 Å². The molecule has 0 saturated heterocycles. The maximum atomic E-state index is 10.4. The zero-order valence-electron chi connectivity index (χ0n) is 10.7. The van der Waals surface area contributed by atoms with Gasteiger partial charge >= 0.3 is 0 Å². The van der Waals surface area contributed by atoms with E-state index in [-0.39, 0.29) is 19.8 Å². The minimum absolute atomic E-state index is 0.0965. The van der Waals surface area contributed by atoms with Crippen molar-refractivity contribution in [2.45, 2.75) is 6.10 Å². The number of hydrogen-bond acceptors (Lipinski definition) is 6. The lowest BCUT2D eigenvalue weighted by atomic mass is 10.3. The first-order valence-corrected chi connectivity index (χ1v) is 5.69. The maximum absolute atomic E-state index is 10.4. The van der Waals surface area contributed by atoms with E-state index in [1.54, 1.807) is 31.4 Å². The predicted octanol–water partition coefficient (Wildman–Crippen LogP) is -0.559. The Labute approximate surface area is 111 Å². The second-order valence-corrected chi connectivity index (χ2v) is 3.74. The number of carbonyl (C=O) groups is 1. The molecule has 0 radical (unpaired) electrons. The lowest BCUT2D eigenvalue weighted by molar-refractivity contribution is -0.125. The molecule has 1 atom stereocenters. The van der Waals surface area contributed by atoms with Gasteiger partial charge in [-0.25, -0.2) is 0 Å². The largest absolute Gasteiger partial charge is 0.497 e. The van der Waals surface area contributed by atoms with Gasteiger partial charge in [-0.2, -0.15) is 5.48 Å². The number of nitrogens with one attached hydrogen (secondary N) is 1. The van der Waals surface area contributed by atoms with Gasteiger partial charge in [0.15, 0.2) is 0 Å². The van der Waals surface area contributed by atoms with Crippen molar-refractivity contribution >= 4 is 5.91 Å². The van der Waals surface area contributed by atoms with E-state index in [1.165, 1.54) is 0 Å². The molecule has 0 spiro atoms. The van der Waals surface area contributed by atoms with E-state index in [4.69, 9.17) is 20.0 Å². The van der Waals surface area contributed by atoms with Gasteiger partial charge in [0.1, 0.15) is 30.8 Å². The van der Waals surface area contributed by atoms with Crippen LogP contribution in [0.25, 0.3) is 0 Å². The molecule has 0 aliphatic rings. The lowest BCUT2D eigenvalue weighted by Crippen LogP contribution is -2.33. The third-order valence-corrected chi connectivity index (χ3v) is 2.14. The van der Waals surface area contributed by atoms with E-state index < -0.39 is 12.0 Å². The summed E-state index contributed by atoms with van der Waals surface area (Å²) in [4.78, 5) is 15.1. The lowest BCUT2D eigenvalue weighted by Gasteiger charge is -2.13. The first kappa shape index (κ1) is 15.2. The Morgan fingerprint density at radius 1 is 1.37 bits per heavy atom. The van der Waals surface area contributed by atoms with Gasteiger partial charge in [0, 0.05) is 0 Å². The number of methoxy groups -OCH3 is 1. The number of carbonyl (C=O) groups excluding carboxylic acids is 1. The van der Waals surface area contributed by atoms with Crippen LogP contribution in [0.15, 0.2) is 24.3 Å². The van der Waals surface area contributed by atoms with Crippen LogP contribution >= 0.6 is 0 Å². The molecule has 0 saturated carbocycles. The molecule has 0 heterocycles. The Kier molecular flexibility index (Phi) is 6.65. The number of amides is 1. The monoisotopic (exact) mass is 270 g/mol. The topological polar surface area (TPSA) is 103 Å². The van der Waals surface area contributed by atoms with Gasteiger partial charge < -0.3 is 20.3 Å². The zero-order valence-corrected chi connectivity index (χ0v) is 10.7. The Morgan fingerprint density at radius 3 is 2.58 bits per heavy atom. The molecule has 1 amide bonds. The Hall–Kier alpha value is -1.83. The summed E-state index contributed by atoms with van der Waals surface area (Å²) in [6, 6.07) is 7.00. The number of aliphatic hydroxyl groups is 1. The van der Waals surface area contributed by atoms with Gasteiger partial charge in [-0.05, 0) is 24.3 Å². The number of benzene rings is 1. The Balaban J connectivity index is 2.18. The summed E-state index contributed by atoms with van der Waals surface area (Å²) < 4.78 is 10.4. The minimum Gasteiger partial charge on any atom is -0.497 e. The second-order valence-electron chi connectivity index (χ2n) is 3.74. The standard InChI is InChI=1S/C12H18N2O5/c1-17-10-2-4-11(5-3-10)18-7-9(15)6-14-19-8-12(13)16/h2-5,9,14-15H,6-8H2,1H3,(H2,13,16). The van der Waals surface area contributed by atoms with Gasteiger partial charge in [0.05, 0.1) is 13.7 Å². The molecule has 1 aromatic carbocycles. The highest BCUT2D eigenvalue weighted by molar-refractivity contribution is 5.74. The summed E-state index contributed by atoms with van der Waals surface area (Å²) >= 11 is 0. The molecule has 7 nitrogen and oxygen atoms in total. The van der Waals surface area contributed by atoms with Crippen LogP contribution in [0.2, 0.25) is 0 Å². The molecule has 1 rings (SSSR count). The first-order chi connectivity index (χ1) is 9.11. The van der Waals surface area contributed by atoms with Crippen molar-refractivity contribution in [1.82, 2.24) is 5.48 Å². The van der Waals surface area contributed by atoms with E-state index >= 15 is 0 Å². The molecule has 7 heteroatoms. The van der Waals surface area contributed by atoms with Crippen LogP contribution in [0.3, 0.4) is 0 Å². The average molecular weight is 270 g/mol. The molecule has 0 aliphatic carbocycles.